The lowest BCUT2D eigenvalue weighted by Gasteiger charge is -2.35. The number of nitrogens with zero attached hydrogens (tertiary/aromatic N) is 1. The Bertz CT molecular complexity index is 510. The summed E-state index contributed by atoms with van der Waals surface area (Å²) < 4.78 is 5.71. The van der Waals surface area contributed by atoms with Crippen LogP contribution in [0.4, 0.5) is 0 Å². The van der Waals surface area contributed by atoms with E-state index in [9.17, 15) is 4.79 Å². The van der Waals surface area contributed by atoms with Gasteiger partial charge in [0.05, 0.1) is 6.10 Å². The summed E-state index contributed by atoms with van der Waals surface area (Å²) in [5.74, 6) is 0.664. The average molecular weight is 332 g/mol. The van der Waals surface area contributed by atoms with Crippen molar-refractivity contribution < 1.29 is 9.53 Å². The SMILES string of the molecule is CO[C@H](CN1CCC[C@H](CNC(=O)C(C)(C)C)C1)c1ccccc1. The predicted molar refractivity (Wildman–Crippen MR) is 97.8 cm³/mol. The lowest BCUT2D eigenvalue weighted by atomic mass is 9.93. The minimum absolute atomic E-state index is 0.106. The molecule has 1 saturated heterocycles. The van der Waals surface area contributed by atoms with Gasteiger partial charge in [-0.15, -0.1) is 0 Å². The Labute approximate surface area is 146 Å². The molecule has 4 heteroatoms. The summed E-state index contributed by atoms with van der Waals surface area (Å²) in [6.45, 7) is 9.68. The first-order valence-electron chi connectivity index (χ1n) is 8.98. The topological polar surface area (TPSA) is 41.6 Å². The van der Waals surface area contributed by atoms with Gasteiger partial charge in [0.25, 0.3) is 0 Å². The first-order chi connectivity index (χ1) is 11.4. The van der Waals surface area contributed by atoms with Crippen LogP contribution in [0.3, 0.4) is 0 Å². The highest BCUT2D eigenvalue weighted by Gasteiger charge is 2.25. The number of methoxy groups -OCH3 is 1. The van der Waals surface area contributed by atoms with Crippen molar-refractivity contribution in [1.29, 1.82) is 0 Å². The molecule has 2 atom stereocenters. The van der Waals surface area contributed by atoms with Crippen LogP contribution in [0.25, 0.3) is 0 Å². The van der Waals surface area contributed by atoms with Crippen LogP contribution >= 0.6 is 0 Å². The number of piperidine rings is 1. The second-order valence-corrected chi connectivity index (χ2v) is 7.86. The molecule has 4 nitrogen and oxygen atoms in total. The van der Waals surface area contributed by atoms with E-state index in [0.717, 1.165) is 26.2 Å². The van der Waals surface area contributed by atoms with E-state index in [1.807, 2.05) is 26.8 Å². The highest BCUT2D eigenvalue weighted by molar-refractivity contribution is 5.81. The van der Waals surface area contributed by atoms with Crippen molar-refractivity contribution in [3.8, 4) is 0 Å². The number of nitrogens with one attached hydrogen (secondary N) is 1. The van der Waals surface area contributed by atoms with Crippen LogP contribution in [0.15, 0.2) is 30.3 Å². The molecule has 2 rings (SSSR count). The number of amides is 1. The fourth-order valence-corrected chi connectivity index (χ4v) is 3.20. The number of carbonyl (C=O) groups is 1. The first-order valence-corrected chi connectivity index (χ1v) is 8.98. The molecule has 0 aromatic heterocycles. The molecule has 1 fully saturated rings. The minimum Gasteiger partial charge on any atom is -0.375 e. The van der Waals surface area contributed by atoms with E-state index < -0.39 is 0 Å². The molecule has 1 aromatic carbocycles. The highest BCUT2D eigenvalue weighted by atomic mass is 16.5. The maximum atomic E-state index is 12.1. The molecule has 1 N–H and O–H groups in total. The molecule has 24 heavy (non-hydrogen) atoms. The second-order valence-electron chi connectivity index (χ2n) is 7.86. The zero-order valence-corrected chi connectivity index (χ0v) is 15.5. The molecule has 1 aliphatic heterocycles. The van der Waals surface area contributed by atoms with Crippen molar-refractivity contribution in [3.05, 3.63) is 35.9 Å². The molecule has 0 bridgehead atoms. The lowest BCUT2D eigenvalue weighted by molar-refractivity contribution is -0.128. The zero-order valence-electron chi connectivity index (χ0n) is 15.5. The molecule has 1 aliphatic rings. The predicted octanol–water partition coefficient (Wildman–Crippen LogP) is 3.25. The van der Waals surface area contributed by atoms with Gasteiger partial charge in [0.1, 0.15) is 0 Å². The third kappa shape index (κ3) is 5.60. The van der Waals surface area contributed by atoms with Crippen LogP contribution in [-0.4, -0.2) is 44.1 Å². The van der Waals surface area contributed by atoms with Crippen LogP contribution in [0, 0.1) is 11.3 Å². The van der Waals surface area contributed by atoms with E-state index in [-0.39, 0.29) is 17.4 Å². The van der Waals surface area contributed by atoms with Gasteiger partial charge < -0.3 is 15.0 Å². The maximum Gasteiger partial charge on any atom is 0.225 e. The van der Waals surface area contributed by atoms with Crippen molar-refractivity contribution in [3.63, 3.8) is 0 Å². The standard InChI is InChI=1S/C20H32N2O2/c1-20(2,3)19(23)21-13-16-9-8-12-22(14-16)15-18(24-4)17-10-6-5-7-11-17/h5-7,10-11,16,18H,8-9,12-15H2,1-4H3,(H,21,23)/t16-,18-/m1/s1. The number of hydrogen-bond acceptors (Lipinski definition) is 3. The van der Waals surface area contributed by atoms with Crippen molar-refractivity contribution in [2.24, 2.45) is 11.3 Å². The van der Waals surface area contributed by atoms with Gasteiger partial charge >= 0.3 is 0 Å². The Morgan fingerprint density at radius 3 is 2.67 bits per heavy atom. The normalized spacial score (nSPS) is 20.6. The highest BCUT2D eigenvalue weighted by Crippen LogP contribution is 2.22. The van der Waals surface area contributed by atoms with E-state index in [4.69, 9.17) is 4.74 Å². The van der Waals surface area contributed by atoms with Crippen molar-refractivity contribution in [2.75, 3.05) is 33.3 Å². The van der Waals surface area contributed by atoms with Gasteiger partial charge in [-0.2, -0.15) is 0 Å². The molecule has 0 spiro atoms. The van der Waals surface area contributed by atoms with Gasteiger partial charge in [-0.05, 0) is 30.9 Å². The van der Waals surface area contributed by atoms with Gasteiger partial charge in [0.2, 0.25) is 5.91 Å². The molecular weight excluding hydrogens is 300 g/mol. The Kier molecular flexibility index (Phi) is 6.81. The van der Waals surface area contributed by atoms with Gasteiger partial charge in [-0.3, -0.25) is 4.79 Å². The van der Waals surface area contributed by atoms with Crippen molar-refractivity contribution >= 4 is 5.91 Å². The number of likely N-dealkylation sites (tertiary alicyclic amines) is 1. The van der Waals surface area contributed by atoms with Crippen LogP contribution in [0.5, 0.6) is 0 Å². The Balaban J connectivity index is 1.85. The number of ether oxygens (including phenoxy) is 1. The van der Waals surface area contributed by atoms with Crippen LogP contribution in [0.2, 0.25) is 0 Å². The molecular formula is C20H32N2O2. The summed E-state index contributed by atoms with van der Waals surface area (Å²) in [4.78, 5) is 14.5. The Morgan fingerprint density at radius 2 is 2.04 bits per heavy atom. The van der Waals surface area contributed by atoms with Crippen LogP contribution < -0.4 is 5.32 Å². The lowest BCUT2D eigenvalue weighted by Crippen LogP contribution is -2.44. The molecule has 1 amide bonds. The fourth-order valence-electron chi connectivity index (χ4n) is 3.20. The molecule has 0 aliphatic carbocycles. The van der Waals surface area contributed by atoms with Gasteiger partial charge in [-0.25, -0.2) is 0 Å². The number of carbonyl (C=O) groups excluding carboxylic acids is 1. The maximum absolute atomic E-state index is 12.1. The molecule has 1 aromatic rings. The summed E-state index contributed by atoms with van der Waals surface area (Å²) in [6.07, 6.45) is 2.47. The zero-order chi connectivity index (χ0) is 17.6. The van der Waals surface area contributed by atoms with Crippen LogP contribution in [0.1, 0.15) is 45.3 Å². The Hall–Kier alpha value is -1.39. The number of benzene rings is 1. The molecule has 0 saturated carbocycles. The average Bonchev–Trinajstić information content (AvgIpc) is 2.58. The third-order valence-electron chi connectivity index (χ3n) is 4.72. The van der Waals surface area contributed by atoms with E-state index in [1.165, 1.54) is 18.4 Å². The van der Waals surface area contributed by atoms with E-state index >= 15 is 0 Å². The quantitative estimate of drug-likeness (QED) is 0.869. The molecule has 0 unspecified atom stereocenters. The van der Waals surface area contributed by atoms with Crippen molar-refractivity contribution in [1.82, 2.24) is 10.2 Å². The largest absolute Gasteiger partial charge is 0.375 e. The first kappa shape index (κ1) is 18.9. The third-order valence-corrected chi connectivity index (χ3v) is 4.72. The second kappa shape index (κ2) is 8.63. The Morgan fingerprint density at radius 1 is 1.33 bits per heavy atom. The molecule has 1 heterocycles. The van der Waals surface area contributed by atoms with E-state index in [1.54, 1.807) is 7.11 Å². The van der Waals surface area contributed by atoms with Crippen molar-refractivity contribution in [2.45, 2.75) is 39.7 Å². The minimum atomic E-state index is -0.317. The summed E-state index contributed by atoms with van der Waals surface area (Å²) in [5, 5.41) is 3.12. The fraction of sp³-hybridized carbons (Fsp3) is 0.650. The monoisotopic (exact) mass is 332 g/mol. The van der Waals surface area contributed by atoms with E-state index in [0.29, 0.717) is 5.92 Å². The summed E-state index contributed by atoms with van der Waals surface area (Å²) >= 11 is 0. The van der Waals surface area contributed by atoms with Crippen LogP contribution in [-0.2, 0) is 9.53 Å². The van der Waals surface area contributed by atoms with E-state index in [2.05, 4.69) is 34.5 Å². The van der Waals surface area contributed by atoms with Gasteiger partial charge in [0, 0.05) is 32.2 Å². The van der Waals surface area contributed by atoms with Gasteiger partial charge in [0.15, 0.2) is 0 Å². The summed E-state index contributed by atoms with van der Waals surface area (Å²) in [5.41, 5.74) is 0.908. The van der Waals surface area contributed by atoms with Gasteiger partial charge in [-0.1, -0.05) is 51.1 Å². The smallest absolute Gasteiger partial charge is 0.225 e. The number of rotatable bonds is 6. The number of hydrogen-bond donors (Lipinski definition) is 1. The molecule has 0 radical (unpaired) electrons. The summed E-state index contributed by atoms with van der Waals surface area (Å²) in [7, 11) is 1.78. The molecule has 134 valence electrons. The summed E-state index contributed by atoms with van der Waals surface area (Å²) in [6, 6.07) is 10.4.